The molecule has 0 fully saturated rings. The third-order valence-electron chi connectivity index (χ3n) is 3.20. The van der Waals surface area contributed by atoms with Crippen molar-refractivity contribution in [3.8, 4) is 0 Å². The molecule has 0 aliphatic carbocycles. The van der Waals surface area contributed by atoms with E-state index in [-0.39, 0.29) is 0 Å². The van der Waals surface area contributed by atoms with Gasteiger partial charge < -0.3 is 15.4 Å². The van der Waals surface area contributed by atoms with E-state index < -0.39 is 11.7 Å². The molecule has 0 saturated heterocycles. The number of aliphatic imine (C=N–C) groups is 1. The zero-order chi connectivity index (χ0) is 16.7. The molecule has 1 heterocycles. The van der Waals surface area contributed by atoms with Gasteiger partial charge >= 0.3 is 6.09 Å². The number of carbonyl (C=O) groups excluding carboxylic acids is 1. The Balaban J connectivity index is 1.75. The van der Waals surface area contributed by atoms with E-state index in [1.807, 2.05) is 45.0 Å². The molecule has 0 unspecified atom stereocenters. The molecule has 1 amide bonds. The van der Waals surface area contributed by atoms with Gasteiger partial charge in [-0.25, -0.2) is 4.79 Å². The van der Waals surface area contributed by atoms with Crippen LogP contribution in [0.15, 0.2) is 29.3 Å². The molecule has 0 bridgehead atoms. The van der Waals surface area contributed by atoms with Crippen LogP contribution in [0.25, 0.3) is 0 Å². The van der Waals surface area contributed by atoms with E-state index in [4.69, 9.17) is 4.74 Å². The molecule has 6 nitrogen and oxygen atoms in total. The number of hydrogen-bond donors (Lipinski definition) is 3. The van der Waals surface area contributed by atoms with Gasteiger partial charge in [-0.1, -0.05) is 12.1 Å². The summed E-state index contributed by atoms with van der Waals surface area (Å²) in [6, 6.07) is 7.78. The summed E-state index contributed by atoms with van der Waals surface area (Å²) in [6.45, 7) is 8.22. The number of guanidine groups is 1. The molecule has 3 N–H and O–H groups in total. The normalized spacial score (nSPS) is 14.5. The highest BCUT2D eigenvalue weighted by atomic mass is 16.6. The first-order chi connectivity index (χ1) is 10.9. The molecule has 0 atom stereocenters. The average Bonchev–Trinajstić information content (AvgIpc) is 2.48. The molecule has 126 valence electrons. The summed E-state index contributed by atoms with van der Waals surface area (Å²) in [5, 5.41) is 9.25. The number of nitrogens with zero attached hydrogens (tertiary/aromatic N) is 1. The van der Waals surface area contributed by atoms with E-state index >= 15 is 0 Å². The molecule has 1 aromatic carbocycles. The van der Waals surface area contributed by atoms with E-state index in [0.717, 1.165) is 44.1 Å². The number of hydrogen-bond acceptors (Lipinski definition) is 5. The van der Waals surface area contributed by atoms with Gasteiger partial charge in [0.1, 0.15) is 5.60 Å². The lowest BCUT2D eigenvalue weighted by molar-refractivity contribution is 0.0636. The topological polar surface area (TPSA) is 74.8 Å². The summed E-state index contributed by atoms with van der Waals surface area (Å²) in [5.74, 6) is 0.888. The number of carbonyl (C=O) groups is 1. The van der Waals surface area contributed by atoms with E-state index in [1.54, 1.807) is 0 Å². The fourth-order valence-corrected chi connectivity index (χ4v) is 2.15. The minimum Gasteiger partial charge on any atom is -0.444 e. The molecule has 0 aromatic heterocycles. The summed E-state index contributed by atoms with van der Waals surface area (Å²) in [5.41, 5.74) is 1.43. The predicted molar refractivity (Wildman–Crippen MR) is 92.9 cm³/mol. The number of anilines is 1. The van der Waals surface area contributed by atoms with E-state index in [1.165, 1.54) is 5.56 Å². The van der Waals surface area contributed by atoms with Crippen LogP contribution in [0.3, 0.4) is 0 Å². The van der Waals surface area contributed by atoms with Crippen molar-refractivity contribution in [3.05, 3.63) is 29.8 Å². The highest BCUT2D eigenvalue weighted by Gasteiger charge is 2.16. The Bertz CT molecular complexity index is 547. The molecule has 23 heavy (non-hydrogen) atoms. The second kappa shape index (κ2) is 7.85. The van der Waals surface area contributed by atoms with Crippen LogP contribution in [0.2, 0.25) is 0 Å². The summed E-state index contributed by atoms with van der Waals surface area (Å²) in [4.78, 5) is 16.1. The van der Waals surface area contributed by atoms with Crippen LogP contribution in [0, 0.1) is 0 Å². The Morgan fingerprint density at radius 2 is 2.04 bits per heavy atom. The van der Waals surface area contributed by atoms with Crippen molar-refractivity contribution in [1.82, 2.24) is 10.6 Å². The molecular formula is C17H26N4O2. The first-order valence-electron chi connectivity index (χ1n) is 8.03. The maximum atomic E-state index is 11.7. The molecule has 1 aliphatic rings. The Labute approximate surface area is 137 Å². The van der Waals surface area contributed by atoms with Gasteiger partial charge in [-0.2, -0.15) is 0 Å². The van der Waals surface area contributed by atoms with Crippen LogP contribution < -0.4 is 16.0 Å². The minimum absolute atomic E-state index is 0.437. The summed E-state index contributed by atoms with van der Waals surface area (Å²) in [6.07, 6.45) is 1.55. The molecule has 6 heteroatoms. The van der Waals surface area contributed by atoms with Crippen molar-refractivity contribution in [3.63, 3.8) is 0 Å². The van der Waals surface area contributed by atoms with Crippen molar-refractivity contribution in [2.75, 3.05) is 25.0 Å². The van der Waals surface area contributed by atoms with Crippen LogP contribution in [0.1, 0.15) is 32.8 Å². The summed E-state index contributed by atoms with van der Waals surface area (Å²) < 4.78 is 5.22. The fourth-order valence-electron chi connectivity index (χ4n) is 2.15. The van der Waals surface area contributed by atoms with Gasteiger partial charge in [-0.3, -0.25) is 10.3 Å². The number of amides is 1. The maximum Gasteiger partial charge on any atom is 0.412 e. The van der Waals surface area contributed by atoms with Crippen molar-refractivity contribution in [2.24, 2.45) is 4.99 Å². The number of rotatable bonds is 4. The molecule has 2 rings (SSSR count). The van der Waals surface area contributed by atoms with Crippen LogP contribution in [-0.4, -0.2) is 37.3 Å². The van der Waals surface area contributed by atoms with Gasteiger partial charge in [0.2, 0.25) is 0 Å². The molecule has 0 spiro atoms. The van der Waals surface area contributed by atoms with Gasteiger partial charge in [-0.15, -0.1) is 0 Å². The first-order valence-corrected chi connectivity index (χ1v) is 8.03. The highest BCUT2D eigenvalue weighted by molar-refractivity contribution is 5.84. The average molecular weight is 318 g/mol. The van der Waals surface area contributed by atoms with Gasteiger partial charge in [0.05, 0.1) is 0 Å². The number of ether oxygens (including phenoxy) is 1. The molecule has 0 saturated carbocycles. The third-order valence-corrected chi connectivity index (χ3v) is 3.20. The quantitative estimate of drug-likeness (QED) is 0.797. The Hall–Kier alpha value is -2.24. The first kappa shape index (κ1) is 17.1. The zero-order valence-electron chi connectivity index (χ0n) is 14.1. The van der Waals surface area contributed by atoms with Crippen LogP contribution >= 0.6 is 0 Å². The number of nitrogens with one attached hydrogen (secondary N) is 3. The monoisotopic (exact) mass is 318 g/mol. The smallest absolute Gasteiger partial charge is 0.412 e. The minimum atomic E-state index is -0.494. The predicted octanol–water partition coefficient (Wildman–Crippen LogP) is 2.51. The maximum absolute atomic E-state index is 11.7. The fraction of sp³-hybridized carbons (Fsp3) is 0.529. The lowest BCUT2D eigenvalue weighted by Gasteiger charge is -2.19. The molecule has 1 aliphatic heterocycles. The standard InChI is InChI=1S/C17H26N4O2/c1-17(2,3)23-16(22)21-14-7-5-13(6-8-14)9-12-20-15-18-10-4-11-19-15/h5-8H,4,9-12H2,1-3H3,(H,21,22)(H2,18,19,20). The van der Waals surface area contributed by atoms with Gasteiger partial charge in [0.15, 0.2) is 5.96 Å². The van der Waals surface area contributed by atoms with Gasteiger partial charge in [0.25, 0.3) is 0 Å². The Morgan fingerprint density at radius 1 is 1.30 bits per heavy atom. The largest absolute Gasteiger partial charge is 0.444 e. The van der Waals surface area contributed by atoms with E-state index in [0.29, 0.717) is 0 Å². The zero-order valence-corrected chi connectivity index (χ0v) is 14.1. The number of benzene rings is 1. The highest BCUT2D eigenvalue weighted by Crippen LogP contribution is 2.13. The molecule has 1 aromatic rings. The molecule has 0 radical (unpaired) electrons. The Morgan fingerprint density at radius 3 is 2.65 bits per heavy atom. The van der Waals surface area contributed by atoms with Crippen LogP contribution in [-0.2, 0) is 11.2 Å². The second-order valence-corrected chi connectivity index (χ2v) is 6.51. The van der Waals surface area contributed by atoms with Crippen molar-refractivity contribution < 1.29 is 9.53 Å². The van der Waals surface area contributed by atoms with Crippen molar-refractivity contribution in [1.29, 1.82) is 0 Å². The lowest BCUT2D eigenvalue weighted by Crippen LogP contribution is -2.41. The van der Waals surface area contributed by atoms with Gasteiger partial charge in [-0.05, 0) is 51.3 Å². The Kier molecular flexibility index (Phi) is 5.84. The van der Waals surface area contributed by atoms with E-state index in [9.17, 15) is 4.79 Å². The second-order valence-electron chi connectivity index (χ2n) is 6.51. The van der Waals surface area contributed by atoms with Gasteiger partial charge in [0, 0.05) is 25.3 Å². The molecular weight excluding hydrogens is 292 g/mol. The van der Waals surface area contributed by atoms with Crippen LogP contribution in [0.4, 0.5) is 10.5 Å². The van der Waals surface area contributed by atoms with Crippen molar-refractivity contribution >= 4 is 17.7 Å². The van der Waals surface area contributed by atoms with Crippen molar-refractivity contribution in [2.45, 2.75) is 39.2 Å². The van der Waals surface area contributed by atoms with Crippen LogP contribution in [0.5, 0.6) is 0 Å². The SMILES string of the molecule is CC(C)(C)OC(=O)Nc1ccc(CCNC2=NCCCN2)cc1. The summed E-state index contributed by atoms with van der Waals surface area (Å²) in [7, 11) is 0. The third kappa shape index (κ3) is 6.59. The lowest BCUT2D eigenvalue weighted by atomic mass is 10.1. The van der Waals surface area contributed by atoms with E-state index in [2.05, 4.69) is 20.9 Å². The summed E-state index contributed by atoms with van der Waals surface area (Å²) >= 11 is 0.